The number of aryl methyl sites for hydroxylation is 2. The lowest BCUT2D eigenvalue weighted by molar-refractivity contribution is -0.120. The first-order valence-corrected chi connectivity index (χ1v) is 11.4. The Morgan fingerprint density at radius 3 is 2.30 bits per heavy atom. The highest BCUT2D eigenvalue weighted by molar-refractivity contribution is 14.1. The Kier molecular flexibility index (Phi) is 6.22. The fourth-order valence-corrected chi connectivity index (χ4v) is 5.34. The van der Waals surface area contributed by atoms with Crippen LogP contribution in [0.25, 0.3) is 0 Å². The van der Waals surface area contributed by atoms with Gasteiger partial charge in [-0.2, -0.15) is 4.31 Å². The summed E-state index contributed by atoms with van der Waals surface area (Å²) in [6.45, 7) is 4.62. The third kappa shape index (κ3) is 4.70. The molecule has 0 bridgehead atoms. The molecule has 0 spiro atoms. The van der Waals surface area contributed by atoms with Gasteiger partial charge in [0.05, 0.1) is 4.90 Å². The highest BCUT2D eigenvalue weighted by Gasteiger charge is 2.32. The van der Waals surface area contributed by atoms with Gasteiger partial charge in [0.2, 0.25) is 15.9 Å². The number of nitrogens with one attached hydrogen (secondary N) is 1. The number of nitrogens with zero attached hydrogens (tertiary/aromatic N) is 1. The normalized spacial score (nSPS) is 16.3. The first-order valence-electron chi connectivity index (χ1n) is 8.91. The van der Waals surface area contributed by atoms with E-state index in [4.69, 9.17) is 0 Å². The van der Waals surface area contributed by atoms with Crippen molar-refractivity contribution in [1.29, 1.82) is 0 Å². The number of sulfonamides is 1. The molecule has 0 unspecified atom stereocenters. The number of benzene rings is 2. The number of carbonyl (C=O) groups is 1. The van der Waals surface area contributed by atoms with Crippen LogP contribution in [-0.2, 0) is 14.8 Å². The molecular weight excluding hydrogens is 475 g/mol. The molecule has 0 atom stereocenters. The second-order valence-electron chi connectivity index (χ2n) is 6.94. The lowest BCUT2D eigenvalue weighted by Crippen LogP contribution is -2.41. The number of rotatable bonds is 4. The molecular formula is C20H23IN2O3S. The van der Waals surface area contributed by atoms with Gasteiger partial charge in [-0.15, -0.1) is 0 Å². The Morgan fingerprint density at radius 2 is 1.70 bits per heavy atom. The Hall–Kier alpha value is -1.45. The van der Waals surface area contributed by atoms with Crippen LogP contribution in [0.15, 0.2) is 47.4 Å². The van der Waals surface area contributed by atoms with Gasteiger partial charge in [0, 0.05) is 28.3 Å². The summed E-state index contributed by atoms with van der Waals surface area (Å²) in [5.74, 6) is -0.208. The average Bonchev–Trinajstić information content (AvgIpc) is 2.64. The first kappa shape index (κ1) is 20.3. The molecule has 0 aliphatic carbocycles. The van der Waals surface area contributed by atoms with Gasteiger partial charge in [-0.3, -0.25) is 4.79 Å². The third-order valence-corrected chi connectivity index (χ3v) is 7.51. The molecule has 3 rings (SSSR count). The zero-order valence-electron chi connectivity index (χ0n) is 15.4. The number of piperidine rings is 1. The second-order valence-corrected chi connectivity index (χ2v) is 10.1. The predicted octanol–water partition coefficient (Wildman–Crippen LogP) is 3.95. The molecule has 1 N–H and O–H groups in total. The minimum absolute atomic E-state index is 0.0355. The van der Waals surface area contributed by atoms with E-state index >= 15 is 0 Å². The van der Waals surface area contributed by atoms with Gasteiger partial charge in [-0.25, -0.2) is 8.42 Å². The summed E-state index contributed by atoms with van der Waals surface area (Å²) in [7, 11) is -3.50. The molecule has 144 valence electrons. The molecule has 1 fully saturated rings. The van der Waals surface area contributed by atoms with E-state index in [2.05, 4.69) is 27.9 Å². The summed E-state index contributed by atoms with van der Waals surface area (Å²) < 4.78 is 28.1. The fourth-order valence-electron chi connectivity index (χ4n) is 3.22. The maximum absolute atomic E-state index is 12.8. The van der Waals surface area contributed by atoms with Crippen molar-refractivity contribution in [3.63, 3.8) is 0 Å². The van der Waals surface area contributed by atoms with Crippen LogP contribution in [0.4, 0.5) is 5.69 Å². The molecule has 0 saturated carbocycles. The minimum atomic E-state index is -3.50. The topological polar surface area (TPSA) is 66.5 Å². The van der Waals surface area contributed by atoms with Gasteiger partial charge in [-0.05, 0) is 85.2 Å². The van der Waals surface area contributed by atoms with Crippen molar-refractivity contribution in [3.8, 4) is 0 Å². The Bertz CT molecular complexity index is 934. The quantitative estimate of drug-likeness (QED) is 0.650. The van der Waals surface area contributed by atoms with Crippen molar-refractivity contribution in [2.75, 3.05) is 18.4 Å². The van der Waals surface area contributed by atoms with E-state index in [0.717, 1.165) is 20.4 Å². The summed E-state index contributed by atoms with van der Waals surface area (Å²) in [5, 5.41) is 2.99. The standard InChI is InChI=1S/C20H23IN2O3S/c1-14-3-6-18(7-4-14)27(25,26)23-11-9-16(10-12-23)20(24)22-19-8-5-17(21)13-15(19)2/h3-8,13,16H,9-12H2,1-2H3,(H,22,24). The number of hydrogen-bond donors (Lipinski definition) is 1. The lowest BCUT2D eigenvalue weighted by Gasteiger charge is -2.30. The van der Waals surface area contributed by atoms with Gasteiger partial charge in [0.25, 0.3) is 0 Å². The third-order valence-electron chi connectivity index (χ3n) is 4.93. The second kappa shape index (κ2) is 8.28. The van der Waals surface area contributed by atoms with E-state index in [9.17, 15) is 13.2 Å². The molecule has 5 nitrogen and oxygen atoms in total. The van der Waals surface area contributed by atoms with Gasteiger partial charge in [0.1, 0.15) is 0 Å². The number of hydrogen-bond acceptors (Lipinski definition) is 3. The van der Waals surface area contributed by atoms with Crippen molar-refractivity contribution in [1.82, 2.24) is 4.31 Å². The van der Waals surface area contributed by atoms with Crippen molar-refractivity contribution < 1.29 is 13.2 Å². The molecule has 1 saturated heterocycles. The van der Waals surface area contributed by atoms with E-state index in [1.807, 2.05) is 32.0 Å². The van der Waals surface area contributed by atoms with Crippen LogP contribution in [0.3, 0.4) is 0 Å². The molecule has 7 heteroatoms. The molecule has 2 aromatic rings. The molecule has 1 heterocycles. The number of halogens is 1. The monoisotopic (exact) mass is 498 g/mol. The van der Waals surface area contributed by atoms with E-state index in [-0.39, 0.29) is 11.8 Å². The summed E-state index contributed by atoms with van der Waals surface area (Å²) in [6.07, 6.45) is 1.06. The summed E-state index contributed by atoms with van der Waals surface area (Å²) in [6, 6.07) is 12.8. The van der Waals surface area contributed by atoms with Crippen LogP contribution in [0.5, 0.6) is 0 Å². The number of amides is 1. The Balaban J connectivity index is 1.62. The van der Waals surface area contributed by atoms with Crippen LogP contribution < -0.4 is 5.32 Å². The molecule has 27 heavy (non-hydrogen) atoms. The molecule has 0 aromatic heterocycles. The molecule has 2 aromatic carbocycles. The maximum Gasteiger partial charge on any atom is 0.243 e. The van der Waals surface area contributed by atoms with Crippen LogP contribution >= 0.6 is 22.6 Å². The van der Waals surface area contributed by atoms with Crippen LogP contribution in [0, 0.1) is 23.3 Å². The number of carbonyl (C=O) groups excluding carboxylic acids is 1. The van der Waals surface area contributed by atoms with E-state index in [0.29, 0.717) is 30.8 Å². The molecule has 1 aliphatic heterocycles. The van der Waals surface area contributed by atoms with Crippen LogP contribution in [-0.4, -0.2) is 31.7 Å². The van der Waals surface area contributed by atoms with Gasteiger partial charge in [-0.1, -0.05) is 17.7 Å². The smallest absolute Gasteiger partial charge is 0.243 e. The SMILES string of the molecule is Cc1ccc(S(=O)(=O)N2CCC(C(=O)Nc3ccc(I)cc3C)CC2)cc1. The number of anilines is 1. The Labute approximate surface area is 174 Å². The van der Waals surface area contributed by atoms with Gasteiger partial charge in [0.15, 0.2) is 0 Å². The fraction of sp³-hybridized carbons (Fsp3) is 0.350. The van der Waals surface area contributed by atoms with Crippen molar-refractivity contribution in [3.05, 3.63) is 57.2 Å². The zero-order chi connectivity index (χ0) is 19.6. The zero-order valence-corrected chi connectivity index (χ0v) is 18.4. The van der Waals surface area contributed by atoms with Crippen LogP contribution in [0.2, 0.25) is 0 Å². The van der Waals surface area contributed by atoms with E-state index < -0.39 is 10.0 Å². The maximum atomic E-state index is 12.8. The van der Waals surface area contributed by atoms with Crippen molar-refractivity contribution >= 4 is 44.2 Å². The molecule has 1 amide bonds. The molecule has 0 radical (unpaired) electrons. The lowest BCUT2D eigenvalue weighted by atomic mass is 9.97. The highest BCUT2D eigenvalue weighted by Crippen LogP contribution is 2.26. The van der Waals surface area contributed by atoms with E-state index in [1.54, 1.807) is 24.3 Å². The summed E-state index contributed by atoms with van der Waals surface area (Å²) >= 11 is 2.24. The van der Waals surface area contributed by atoms with E-state index in [1.165, 1.54) is 4.31 Å². The van der Waals surface area contributed by atoms with Crippen LogP contribution in [0.1, 0.15) is 24.0 Å². The Morgan fingerprint density at radius 1 is 1.07 bits per heavy atom. The highest BCUT2D eigenvalue weighted by atomic mass is 127. The first-order chi connectivity index (χ1) is 12.8. The minimum Gasteiger partial charge on any atom is -0.326 e. The molecule has 1 aliphatic rings. The van der Waals surface area contributed by atoms with Gasteiger partial charge < -0.3 is 5.32 Å². The van der Waals surface area contributed by atoms with Gasteiger partial charge >= 0.3 is 0 Å². The predicted molar refractivity (Wildman–Crippen MR) is 115 cm³/mol. The largest absolute Gasteiger partial charge is 0.326 e. The average molecular weight is 498 g/mol. The summed E-state index contributed by atoms with van der Waals surface area (Å²) in [4.78, 5) is 12.9. The van der Waals surface area contributed by atoms with Crippen molar-refractivity contribution in [2.45, 2.75) is 31.6 Å². The van der Waals surface area contributed by atoms with Crippen molar-refractivity contribution in [2.24, 2.45) is 5.92 Å². The summed E-state index contributed by atoms with van der Waals surface area (Å²) in [5.41, 5.74) is 2.86.